The highest BCUT2D eigenvalue weighted by Crippen LogP contribution is 2.19. The van der Waals surface area contributed by atoms with E-state index in [0.717, 1.165) is 51.2 Å². The lowest BCUT2D eigenvalue weighted by Gasteiger charge is -2.32. The van der Waals surface area contributed by atoms with Gasteiger partial charge in [0.1, 0.15) is 11.9 Å². The molecule has 3 rings (SSSR count). The summed E-state index contributed by atoms with van der Waals surface area (Å²) in [4.78, 5) is 12.9. The molecule has 1 aliphatic rings. The summed E-state index contributed by atoms with van der Waals surface area (Å²) < 4.78 is 6.03. The fourth-order valence-electron chi connectivity index (χ4n) is 3.53. The van der Waals surface area contributed by atoms with Gasteiger partial charge >= 0.3 is 0 Å². The Labute approximate surface area is 182 Å². The molecule has 1 saturated heterocycles. The normalized spacial score (nSPS) is 14.5. The maximum absolute atomic E-state index is 10.4. The van der Waals surface area contributed by atoms with Gasteiger partial charge in [-0.25, -0.2) is 0 Å². The summed E-state index contributed by atoms with van der Waals surface area (Å²) in [6, 6.07) is 20.9. The molecule has 164 valence electrons. The predicted molar refractivity (Wildman–Crippen MR) is 125 cm³/mol. The fraction of sp³-hybridized carbons (Fsp3) is 0.500. The van der Waals surface area contributed by atoms with Crippen LogP contribution < -0.4 is 10.1 Å². The van der Waals surface area contributed by atoms with Crippen molar-refractivity contribution in [2.45, 2.75) is 65.0 Å². The number of benzene rings is 2. The van der Waals surface area contributed by atoms with Crippen LogP contribution in [0.4, 0.5) is 0 Å². The van der Waals surface area contributed by atoms with Crippen molar-refractivity contribution in [1.82, 2.24) is 10.2 Å². The molecule has 0 unspecified atom stereocenters. The van der Waals surface area contributed by atoms with Crippen molar-refractivity contribution in [2.75, 3.05) is 19.6 Å². The summed E-state index contributed by atoms with van der Waals surface area (Å²) in [6.07, 6.45) is 7.47. The van der Waals surface area contributed by atoms with Gasteiger partial charge in [-0.1, -0.05) is 74.7 Å². The summed E-state index contributed by atoms with van der Waals surface area (Å²) in [7, 11) is 0. The van der Waals surface area contributed by atoms with Crippen molar-refractivity contribution in [2.24, 2.45) is 0 Å². The second-order valence-electron chi connectivity index (χ2n) is 7.94. The third-order valence-corrected chi connectivity index (χ3v) is 5.23. The van der Waals surface area contributed by atoms with Crippen molar-refractivity contribution in [3.63, 3.8) is 0 Å². The molecular formula is C26H38N2O2. The van der Waals surface area contributed by atoms with E-state index in [0.29, 0.717) is 6.10 Å². The Morgan fingerprint density at radius 3 is 2.20 bits per heavy atom. The van der Waals surface area contributed by atoms with E-state index in [1.807, 2.05) is 30.3 Å². The molecule has 0 spiro atoms. The van der Waals surface area contributed by atoms with Gasteiger partial charge in [-0.05, 0) is 37.0 Å². The molecule has 1 amide bonds. The Balaban J connectivity index is 0.000000274. The lowest BCUT2D eigenvalue weighted by atomic mass is 10.1. The van der Waals surface area contributed by atoms with Gasteiger partial charge in [0.25, 0.3) is 0 Å². The molecule has 1 fully saturated rings. The van der Waals surface area contributed by atoms with Gasteiger partial charge < -0.3 is 10.1 Å². The molecule has 0 bridgehead atoms. The molecule has 1 heterocycles. The lowest BCUT2D eigenvalue weighted by molar-refractivity contribution is -0.118. The number of carbonyl (C=O) groups is 1. The number of nitrogens with zero attached hydrogens (tertiary/aromatic N) is 1. The molecule has 2 aromatic rings. The van der Waals surface area contributed by atoms with Crippen LogP contribution in [0.15, 0.2) is 60.7 Å². The average molecular weight is 411 g/mol. The van der Waals surface area contributed by atoms with Crippen molar-refractivity contribution >= 4 is 5.91 Å². The van der Waals surface area contributed by atoms with Crippen LogP contribution >= 0.6 is 0 Å². The molecule has 0 saturated carbocycles. The number of carbonyl (C=O) groups excluding carboxylic acids is 1. The van der Waals surface area contributed by atoms with Crippen molar-refractivity contribution in [3.05, 3.63) is 66.2 Å². The largest absolute Gasteiger partial charge is 0.490 e. The van der Waals surface area contributed by atoms with Gasteiger partial charge in [0.05, 0.1) is 0 Å². The fourth-order valence-corrected chi connectivity index (χ4v) is 3.53. The van der Waals surface area contributed by atoms with Crippen LogP contribution in [0.25, 0.3) is 0 Å². The van der Waals surface area contributed by atoms with E-state index in [9.17, 15) is 4.79 Å². The summed E-state index contributed by atoms with van der Waals surface area (Å²) in [6.45, 7) is 7.87. The minimum absolute atomic E-state index is 0.0801. The topological polar surface area (TPSA) is 41.6 Å². The van der Waals surface area contributed by atoms with E-state index < -0.39 is 0 Å². The van der Waals surface area contributed by atoms with Crippen molar-refractivity contribution < 1.29 is 9.53 Å². The van der Waals surface area contributed by atoms with Gasteiger partial charge in [0.2, 0.25) is 5.91 Å². The summed E-state index contributed by atoms with van der Waals surface area (Å²) in [5.74, 6) is 1.07. The van der Waals surface area contributed by atoms with Crippen LogP contribution in [-0.4, -0.2) is 36.5 Å². The number of para-hydroxylation sites is 1. The molecule has 0 atom stereocenters. The Bertz CT molecular complexity index is 633. The first-order valence-corrected chi connectivity index (χ1v) is 11.4. The van der Waals surface area contributed by atoms with Gasteiger partial charge in [-0.15, -0.1) is 0 Å². The van der Waals surface area contributed by atoms with Crippen molar-refractivity contribution in [1.29, 1.82) is 0 Å². The minimum Gasteiger partial charge on any atom is -0.490 e. The number of piperidine rings is 1. The number of nitrogens with one attached hydrogen (secondary N) is 1. The van der Waals surface area contributed by atoms with Crippen molar-refractivity contribution in [3.8, 4) is 5.75 Å². The van der Waals surface area contributed by atoms with Crippen LogP contribution in [-0.2, 0) is 11.3 Å². The number of amides is 1. The van der Waals surface area contributed by atoms with Gasteiger partial charge in [-0.3, -0.25) is 9.69 Å². The van der Waals surface area contributed by atoms with Gasteiger partial charge in [0, 0.05) is 33.1 Å². The van der Waals surface area contributed by atoms with Crippen LogP contribution in [0.2, 0.25) is 0 Å². The van der Waals surface area contributed by atoms with E-state index in [1.54, 1.807) is 6.92 Å². The number of hydrogen-bond acceptors (Lipinski definition) is 3. The maximum atomic E-state index is 10.4. The molecule has 30 heavy (non-hydrogen) atoms. The quantitative estimate of drug-likeness (QED) is 0.560. The zero-order valence-electron chi connectivity index (χ0n) is 18.7. The molecule has 1 N–H and O–H groups in total. The number of hydrogen-bond donors (Lipinski definition) is 1. The molecule has 4 heteroatoms. The summed E-state index contributed by atoms with van der Waals surface area (Å²) >= 11 is 0. The predicted octanol–water partition coefficient (Wildman–Crippen LogP) is 5.43. The Morgan fingerprint density at radius 1 is 0.967 bits per heavy atom. The first-order chi connectivity index (χ1) is 14.7. The van der Waals surface area contributed by atoms with Gasteiger partial charge in [0.15, 0.2) is 0 Å². The second-order valence-corrected chi connectivity index (χ2v) is 7.94. The third kappa shape index (κ3) is 10.4. The minimum atomic E-state index is 0.0801. The molecule has 2 aromatic carbocycles. The lowest BCUT2D eigenvalue weighted by Crippen LogP contribution is -2.37. The Kier molecular flexibility index (Phi) is 11.7. The third-order valence-electron chi connectivity index (χ3n) is 5.23. The number of rotatable bonds is 9. The smallest absolute Gasteiger partial charge is 0.216 e. The monoisotopic (exact) mass is 410 g/mol. The van der Waals surface area contributed by atoms with Crippen LogP contribution in [0.1, 0.15) is 57.9 Å². The zero-order chi connectivity index (χ0) is 21.4. The standard InChI is InChI=1S/C18H21NO.C8H17NO/c1-3-7-16(8-4-1)15-19-13-11-18(12-14-19)20-17-9-5-2-6-10-17;1-3-4-5-6-7-9-8(2)10/h1-10,18H,11-15H2;3-7H2,1-2H3,(H,9,10). The maximum Gasteiger partial charge on any atom is 0.216 e. The molecule has 0 aromatic heterocycles. The van der Waals surface area contributed by atoms with E-state index in [-0.39, 0.29) is 5.91 Å². The van der Waals surface area contributed by atoms with Crippen LogP contribution in [0.3, 0.4) is 0 Å². The van der Waals surface area contributed by atoms with Gasteiger partial charge in [-0.2, -0.15) is 0 Å². The molecule has 0 aliphatic carbocycles. The molecule has 1 aliphatic heterocycles. The molecule has 4 nitrogen and oxygen atoms in total. The summed E-state index contributed by atoms with van der Waals surface area (Å²) in [5, 5.41) is 2.77. The average Bonchev–Trinajstić information content (AvgIpc) is 2.77. The molecule has 0 radical (unpaired) electrons. The van der Waals surface area contributed by atoms with E-state index >= 15 is 0 Å². The van der Waals surface area contributed by atoms with E-state index in [2.05, 4.69) is 47.5 Å². The van der Waals surface area contributed by atoms with E-state index in [1.165, 1.54) is 24.8 Å². The van der Waals surface area contributed by atoms with Crippen LogP contribution in [0, 0.1) is 0 Å². The number of ether oxygens (including phenoxy) is 1. The first kappa shape index (κ1) is 23.9. The Morgan fingerprint density at radius 2 is 1.60 bits per heavy atom. The Hall–Kier alpha value is -2.33. The SMILES string of the molecule is CCCCCCNC(C)=O.c1ccc(CN2CCC(Oc3ccccc3)CC2)cc1. The number of unbranched alkanes of at least 4 members (excludes halogenated alkanes) is 3. The highest BCUT2D eigenvalue weighted by atomic mass is 16.5. The zero-order valence-corrected chi connectivity index (χ0v) is 18.7. The second kappa shape index (κ2) is 14.6. The van der Waals surface area contributed by atoms with Crippen LogP contribution in [0.5, 0.6) is 5.75 Å². The first-order valence-electron chi connectivity index (χ1n) is 11.4. The summed E-state index contributed by atoms with van der Waals surface area (Å²) in [5.41, 5.74) is 1.40. The van der Waals surface area contributed by atoms with E-state index in [4.69, 9.17) is 4.74 Å². The highest BCUT2D eigenvalue weighted by molar-refractivity contribution is 5.72. The highest BCUT2D eigenvalue weighted by Gasteiger charge is 2.20. The molecular weight excluding hydrogens is 372 g/mol. The number of likely N-dealkylation sites (tertiary alicyclic amines) is 1.